The van der Waals surface area contributed by atoms with E-state index < -0.39 is 23.8 Å². The summed E-state index contributed by atoms with van der Waals surface area (Å²) >= 11 is 0. The standard InChI is InChI=1S/C27H30N4O5/c1-3-18-9-7-8-14-29(18)22(32)16-30-25(33)23-20(26(34)36-2)15-21(17-12-13-17)28-24(23)31(27(30)35)19-10-5-4-6-11-19/h4-6,10-11,15,17-18H,3,7-9,12-14,16H2,1-2H3. The molecular weight excluding hydrogens is 460 g/mol. The van der Waals surface area contributed by atoms with Crippen molar-refractivity contribution in [2.24, 2.45) is 0 Å². The van der Waals surface area contributed by atoms with Gasteiger partial charge in [-0.05, 0) is 56.7 Å². The summed E-state index contributed by atoms with van der Waals surface area (Å²) in [5.41, 5.74) is -0.0586. The number of carbonyl (C=O) groups excluding carboxylic acids is 2. The molecule has 2 aliphatic rings. The number of esters is 1. The summed E-state index contributed by atoms with van der Waals surface area (Å²) in [7, 11) is 1.25. The molecule has 3 aromatic rings. The first-order valence-electron chi connectivity index (χ1n) is 12.6. The zero-order valence-electron chi connectivity index (χ0n) is 20.6. The predicted octanol–water partition coefficient (Wildman–Crippen LogP) is 3.00. The summed E-state index contributed by atoms with van der Waals surface area (Å²) in [6.45, 7) is 2.24. The second kappa shape index (κ2) is 9.72. The van der Waals surface area contributed by atoms with Gasteiger partial charge in [0.05, 0.1) is 23.7 Å². The summed E-state index contributed by atoms with van der Waals surface area (Å²) in [4.78, 5) is 60.2. The van der Waals surface area contributed by atoms with Crippen LogP contribution < -0.4 is 11.2 Å². The molecule has 1 atom stereocenters. The third kappa shape index (κ3) is 4.23. The number of ether oxygens (including phenoxy) is 1. The smallest absolute Gasteiger partial charge is 0.338 e. The van der Waals surface area contributed by atoms with Crippen LogP contribution in [0.2, 0.25) is 0 Å². The first-order valence-corrected chi connectivity index (χ1v) is 12.6. The van der Waals surface area contributed by atoms with Gasteiger partial charge in [0.25, 0.3) is 5.56 Å². The molecule has 188 valence electrons. The van der Waals surface area contributed by atoms with Crippen molar-refractivity contribution in [3.05, 3.63) is 68.5 Å². The molecule has 5 rings (SSSR count). The number of rotatable bonds is 6. The lowest BCUT2D eigenvalue weighted by molar-refractivity contribution is -0.135. The van der Waals surface area contributed by atoms with Gasteiger partial charge in [0.15, 0.2) is 5.65 Å². The van der Waals surface area contributed by atoms with Crippen LogP contribution in [0.3, 0.4) is 0 Å². The molecule has 9 heteroatoms. The maximum Gasteiger partial charge on any atom is 0.338 e. The largest absolute Gasteiger partial charge is 0.465 e. The minimum absolute atomic E-state index is 0.0202. The number of aromatic nitrogens is 3. The number of fused-ring (bicyclic) bond motifs is 1. The molecule has 0 spiro atoms. The molecule has 1 aliphatic carbocycles. The number of piperidine rings is 1. The van der Waals surface area contributed by atoms with Gasteiger partial charge in [-0.1, -0.05) is 25.1 Å². The fourth-order valence-corrected chi connectivity index (χ4v) is 5.14. The van der Waals surface area contributed by atoms with Crippen molar-refractivity contribution < 1.29 is 14.3 Å². The van der Waals surface area contributed by atoms with Crippen LogP contribution in [-0.2, 0) is 16.1 Å². The zero-order chi connectivity index (χ0) is 25.4. The summed E-state index contributed by atoms with van der Waals surface area (Å²) in [6.07, 6.45) is 5.51. The second-order valence-corrected chi connectivity index (χ2v) is 9.55. The Morgan fingerprint density at radius 1 is 1.08 bits per heavy atom. The molecule has 1 saturated carbocycles. The summed E-state index contributed by atoms with van der Waals surface area (Å²) in [6, 6.07) is 10.5. The first-order chi connectivity index (χ1) is 17.4. The van der Waals surface area contributed by atoms with E-state index in [1.165, 1.54) is 11.7 Å². The Balaban J connectivity index is 1.76. The Morgan fingerprint density at radius 2 is 1.83 bits per heavy atom. The molecule has 2 fully saturated rings. The van der Waals surface area contributed by atoms with Crippen molar-refractivity contribution in [1.82, 2.24) is 19.0 Å². The van der Waals surface area contributed by atoms with E-state index in [4.69, 9.17) is 9.72 Å². The average molecular weight is 491 g/mol. The molecule has 0 bridgehead atoms. The van der Waals surface area contributed by atoms with Gasteiger partial charge >= 0.3 is 11.7 Å². The Hall–Kier alpha value is -3.75. The van der Waals surface area contributed by atoms with E-state index >= 15 is 0 Å². The summed E-state index contributed by atoms with van der Waals surface area (Å²) in [5.74, 6) is -0.785. The number of carbonyl (C=O) groups is 2. The molecular formula is C27H30N4O5. The SMILES string of the molecule is CCC1CCCCN1C(=O)Cn1c(=O)c2c(C(=O)OC)cc(C3CC3)nc2n(-c2ccccc2)c1=O. The van der Waals surface area contributed by atoms with Crippen LogP contribution in [0.5, 0.6) is 0 Å². The second-order valence-electron chi connectivity index (χ2n) is 9.55. The lowest BCUT2D eigenvalue weighted by Crippen LogP contribution is -2.49. The van der Waals surface area contributed by atoms with Crippen molar-refractivity contribution in [3.63, 3.8) is 0 Å². The van der Waals surface area contributed by atoms with Gasteiger partial charge in [0.1, 0.15) is 6.54 Å². The molecule has 9 nitrogen and oxygen atoms in total. The van der Waals surface area contributed by atoms with E-state index in [2.05, 4.69) is 0 Å². The molecule has 1 aliphatic heterocycles. The van der Waals surface area contributed by atoms with Gasteiger partial charge in [-0.3, -0.25) is 9.59 Å². The van der Waals surface area contributed by atoms with Crippen LogP contribution in [0.4, 0.5) is 0 Å². The van der Waals surface area contributed by atoms with E-state index in [9.17, 15) is 19.2 Å². The normalized spacial score (nSPS) is 17.8. The number of nitrogens with zero attached hydrogens (tertiary/aromatic N) is 4. The Bertz CT molecular complexity index is 1440. The quantitative estimate of drug-likeness (QED) is 0.492. The third-order valence-corrected chi connectivity index (χ3v) is 7.24. The lowest BCUT2D eigenvalue weighted by Gasteiger charge is -2.35. The molecule has 1 amide bonds. The molecule has 1 aromatic carbocycles. The highest BCUT2D eigenvalue weighted by atomic mass is 16.5. The van der Waals surface area contributed by atoms with E-state index in [1.807, 2.05) is 13.0 Å². The molecule has 2 aromatic heterocycles. The van der Waals surface area contributed by atoms with E-state index in [-0.39, 0.29) is 34.5 Å². The molecule has 1 saturated heterocycles. The average Bonchev–Trinajstić information content (AvgIpc) is 3.76. The number of methoxy groups -OCH3 is 1. The van der Waals surface area contributed by atoms with Crippen molar-refractivity contribution in [2.45, 2.75) is 64.0 Å². The van der Waals surface area contributed by atoms with Crippen LogP contribution in [0.25, 0.3) is 16.7 Å². The first kappa shape index (κ1) is 24.0. The minimum atomic E-state index is -0.712. The maximum absolute atomic E-state index is 13.8. The van der Waals surface area contributed by atoms with Crippen molar-refractivity contribution >= 4 is 22.9 Å². The van der Waals surface area contributed by atoms with Crippen LogP contribution in [-0.4, -0.2) is 50.6 Å². The summed E-state index contributed by atoms with van der Waals surface area (Å²) in [5, 5.41) is -0.0202. The maximum atomic E-state index is 13.8. The Morgan fingerprint density at radius 3 is 2.50 bits per heavy atom. The van der Waals surface area contributed by atoms with E-state index in [1.54, 1.807) is 35.2 Å². The van der Waals surface area contributed by atoms with Crippen molar-refractivity contribution in [2.75, 3.05) is 13.7 Å². The number of hydrogen-bond acceptors (Lipinski definition) is 6. The molecule has 0 radical (unpaired) electrons. The minimum Gasteiger partial charge on any atom is -0.465 e. The van der Waals surface area contributed by atoms with Gasteiger partial charge in [-0.2, -0.15) is 0 Å². The number of amides is 1. The summed E-state index contributed by atoms with van der Waals surface area (Å²) < 4.78 is 7.26. The highest BCUT2D eigenvalue weighted by Crippen LogP contribution is 2.40. The van der Waals surface area contributed by atoms with Crippen LogP contribution in [0.1, 0.15) is 67.4 Å². The third-order valence-electron chi connectivity index (χ3n) is 7.24. The fraction of sp³-hybridized carbons (Fsp3) is 0.444. The topological polar surface area (TPSA) is 104 Å². The number of benzene rings is 1. The van der Waals surface area contributed by atoms with Crippen molar-refractivity contribution in [3.8, 4) is 5.69 Å². The molecule has 0 N–H and O–H groups in total. The molecule has 1 unspecified atom stereocenters. The van der Waals surface area contributed by atoms with Crippen molar-refractivity contribution in [1.29, 1.82) is 0 Å². The molecule has 3 heterocycles. The predicted molar refractivity (Wildman–Crippen MR) is 135 cm³/mol. The van der Waals surface area contributed by atoms with Gasteiger partial charge in [-0.25, -0.2) is 23.7 Å². The van der Waals surface area contributed by atoms with Crippen LogP contribution in [0, 0.1) is 0 Å². The van der Waals surface area contributed by atoms with Crippen LogP contribution >= 0.6 is 0 Å². The van der Waals surface area contributed by atoms with Gasteiger partial charge in [-0.15, -0.1) is 0 Å². The van der Waals surface area contributed by atoms with Gasteiger partial charge in [0, 0.05) is 24.2 Å². The zero-order valence-corrected chi connectivity index (χ0v) is 20.6. The van der Waals surface area contributed by atoms with E-state index in [0.29, 0.717) is 17.9 Å². The number of hydrogen-bond donors (Lipinski definition) is 0. The molecule has 36 heavy (non-hydrogen) atoms. The Kier molecular flexibility index (Phi) is 6.47. The van der Waals surface area contributed by atoms with Gasteiger partial charge < -0.3 is 9.64 Å². The number of pyridine rings is 1. The highest BCUT2D eigenvalue weighted by molar-refractivity contribution is 6.02. The van der Waals surface area contributed by atoms with Gasteiger partial charge in [0.2, 0.25) is 5.91 Å². The fourth-order valence-electron chi connectivity index (χ4n) is 5.14. The number of para-hydroxylation sites is 1. The highest BCUT2D eigenvalue weighted by Gasteiger charge is 2.31. The Labute approximate surface area is 208 Å². The van der Waals surface area contributed by atoms with E-state index in [0.717, 1.165) is 43.1 Å². The monoisotopic (exact) mass is 490 g/mol. The number of likely N-dealkylation sites (tertiary alicyclic amines) is 1. The lowest BCUT2D eigenvalue weighted by atomic mass is 10.00. The van der Waals surface area contributed by atoms with Crippen LogP contribution in [0.15, 0.2) is 46.0 Å².